The summed E-state index contributed by atoms with van der Waals surface area (Å²) in [5.41, 5.74) is 5.92. The molecule has 0 N–H and O–H groups in total. The van der Waals surface area contributed by atoms with Crippen molar-refractivity contribution in [2.24, 2.45) is 0 Å². The van der Waals surface area contributed by atoms with Gasteiger partial charge in [0.05, 0.1) is 17.7 Å². The smallest absolute Gasteiger partial charge is 0.399 e. The third kappa shape index (κ3) is 5.22. The van der Waals surface area contributed by atoms with Crippen LogP contribution < -0.4 is 5.46 Å². The summed E-state index contributed by atoms with van der Waals surface area (Å²) in [6, 6.07) is 12.8. The highest BCUT2D eigenvalue weighted by Gasteiger charge is 2.52. The molecular formula is C27H35BF3NO2. The number of likely N-dealkylation sites (tertiary alicyclic amines) is 1. The molecule has 0 aliphatic carbocycles. The highest BCUT2D eigenvalue weighted by molar-refractivity contribution is 6.64. The Balaban J connectivity index is 1.56. The zero-order valence-electron chi connectivity index (χ0n) is 21.1. The molecule has 0 spiro atoms. The molecular weight excluding hydrogens is 438 g/mol. The van der Waals surface area contributed by atoms with Crippen molar-refractivity contribution in [2.45, 2.75) is 77.7 Å². The predicted molar refractivity (Wildman–Crippen MR) is 132 cm³/mol. The Labute approximate surface area is 201 Å². The molecule has 2 aliphatic rings. The Kier molecular flexibility index (Phi) is 6.69. The molecule has 184 valence electrons. The SMILES string of the molecule is Cc1ccc(-c2ccc(C3CCN(CC(F)(F)F)CC3)c(C)c2)c(B2OC(C)(C)C(C)(C)O2)c1. The number of nitrogens with zero attached hydrogens (tertiary/aromatic N) is 1. The van der Waals surface area contributed by atoms with Crippen molar-refractivity contribution in [3.8, 4) is 11.1 Å². The number of piperidine rings is 1. The van der Waals surface area contributed by atoms with Crippen molar-refractivity contribution in [2.75, 3.05) is 19.6 Å². The van der Waals surface area contributed by atoms with E-state index in [0.29, 0.717) is 19.0 Å². The maximum absolute atomic E-state index is 12.7. The summed E-state index contributed by atoms with van der Waals surface area (Å²) in [4.78, 5) is 1.52. The fraction of sp³-hybridized carbons (Fsp3) is 0.556. The molecule has 2 heterocycles. The summed E-state index contributed by atoms with van der Waals surface area (Å²) in [6.07, 6.45) is -2.63. The van der Waals surface area contributed by atoms with E-state index < -0.39 is 31.0 Å². The Bertz CT molecular complexity index is 1030. The van der Waals surface area contributed by atoms with Crippen LogP contribution in [0.15, 0.2) is 36.4 Å². The molecule has 3 nitrogen and oxygen atoms in total. The fourth-order valence-corrected chi connectivity index (χ4v) is 5.07. The van der Waals surface area contributed by atoms with Crippen molar-refractivity contribution >= 4 is 12.6 Å². The molecule has 2 aromatic carbocycles. The Morgan fingerprint density at radius 1 is 0.941 bits per heavy atom. The maximum atomic E-state index is 12.7. The first kappa shape index (κ1) is 25.3. The molecule has 0 atom stereocenters. The summed E-state index contributed by atoms with van der Waals surface area (Å²) in [5, 5.41) is 0. The number of hydrogen-bond donors (Lipinski definition) is 0. The highest BCUT2D eigenvalue weighted by Crippen LogP contribution is 2.38. The van der Waals surface area contributed by atoms with Crippen molar-refractivity contribution in [3.63, 3.8) is 0 Å². The molecule has 0 saturated carbocycles. The van der Waals surface area contributed by atoms with Crippen LogP contribution in [0.4, 0.5) is 13.2 Å². The lowest BCUT2D eigenvalue weighted by molar-refractivity contribution is -0.147. The van der Waals surface area contributed by atoms with Crippen LogP contribution in [0.1, 0.15) is 63.1 Å². The largest absolute Gasteiger partial charge is 0.495 e. The quantitative estimate of drug-likeness (QED) is 0.508. The maximum Gasteiger partial charge on any atom is 0.495 e. The van der Waals surface area contributed by atoms with Crippen molar-refractivity contribution in [1.29, 1.82) is 0 Å². The summed E-state index contributed by atoms with van der Waals surface area (Å²) >= 11 is 0. The van der Waals surface area contributed by atoms with Crippen LogP contribution in [0.3, 0.4) is 0 Å². The summed E-state index contributed by atoms with van der Waals surface area (Å²) in [5.74, 6) is 0.291. The average Bonchev–Trinajstić information content (AvgIpc) is 2.94. The van der Waals surface area contributed by atoms with Crippen LogP contribution >= 0.6 is 0 Å². The van der Waals surface area contributed by atoms with Gasteiger partial charge in [-0.15, -0.1) is 0 Å². The third-order valence-electron chi connectivity index (χ3n) is 7.73. The fourth-order valence-electron chi connectivity index (χ4n) is 5.07. The van der Waals surface area contributed by atoms with Crippen LogP contribution in [-0.4, -0.2) is 49.0 Å². The van der Waals surface area contributed by atoms with E-state index in [0.717, 1.165) is 35.0 Å². The van der Waals surface area contributed by atoms with E-state index in [1.807, 2.05) is 0 Å². The molecule has 2 aromatic rings. The van der Waals surface area contributed by atoms with Gasteiger partial charge in [0.1, 0.15) is 0 Å². The average molecular weight is 473 g/mol. The van der Waals surface area contributed by atoms with Gasteiger partial charge in [0.25, 0.3) is 0 Å². The van der Waals surface area contributed by atoms with Gasteiger partial charge >= 0.3 is 13.3 Å². The lowest BCUT2D eigenvalue weighted by Crippen LogP contribution is -2.41. The standard InChI is InChI=1S/C27H35BF3NO2/c1-18-7-9-23(24(15-18)28-33-25(3,4)26(5,6)34-28)21-8-10-22(19(2)16-21)20-11-13-32(14-12-20)17-27(29,30)31/h7-10,15-16,20H,11-14,17H2,1-6H3. The lowest BCUT2D eigenvalue weighted by Gasteiger charge is -2.33. The topological polar surface area (TPSA) is 21.7 Å². The molecule has 2 saturated heterocycles. The highest BCUT2D eigenvalue weighted by atomic mass is 19.4. The number of benzene rings is 2. The van der Waals surface area contributed by atoms with E-state index in [4.69, 9.17) is 9.31 Å². The van der Waals surface area contributed by atoms with E-state index in [9.17, 15) is 13.2 Å². The molecule has 7 heteroatoms. The van der Waals surface area contributed by atoms with Gasteiger partial charge in [-0.25, -0.2) is 0 Å². The predicted octanol–water partition coefficient (Wildman–Crippen LogP) is 6.01. The van der Waals surface area contributed by atoms with E-state index >= 15 is 0 Å². The number of alkyl halides is 3. The zero-order valence-corrected chi connectivity index (χ0v) is 21.1. The Morgan fingerprint density at radius 2 is 1.56 bits per heavy atom. The lowest BCUT2D eigenvalue weighted by atomic mass is 9.73. The van der Waals surface area contributed by atoms with Gasteiger partial charge in [0.15, 0.2) is 0 Å². The van der Waals surface area contributed by atoms with E-state index in [1.165, 1.54) is 16.0 Å². The number of rotatable bonds is 4. The minimum atomic E-state index is -4.13. The Morgan fingerprint density at radius 3 is 2.12 bits per heavy atom. The van der Waals surface area contributed by atoms with Crippen LogP contribution in [0.25, 0.3) is 11.1 Å². The number of halogens is 3. The van der Waals surface area contributed by atoms with Gasteiger partial charge in [-0.2, -0.15) is 13.2 Å². The van der Waals surface area contributed by atoms with E-state index in [1.54, 1.807) is 0 Å². The van der Waals surface area contributed by atoms with Gasteiger partial charge in [-0.05, 0) is 101 Å². The van der Waals surface area contributed by atoms with Gasteiger partial charge in [0.2, 0.25) is 0 Å². The monoisotopic (exact) mass is 473 g/mol. The molecule has 2 aliphatic heterocycles. The van der Waals surface area contributed by atoms with Crippen LogP contribution in [0, 0.1) is 13.8 Å². The summed E-state index contributed by atoms with van der Waals surface area (Å²) < 4.78 is 50.9. The van der Waals surface area contributed by atoms with Crippen LogP contribution in [0.5, 0.6) is 0 Å². The first-order chi connectivity index (χ1) is 15.8. The minimum absolute atomic E-state index is 0.291. The minimum Gasteiger partial charge on any atom is -0.399 e. The van der Waals surface area contributed by atoms with Gasteiger partial charge in [0, 0.05) is 0 Å². The third-order valence-corrected chi connectivity index (χ3v) is 7.73. The van der Waals surface area contributed by atoms with E-state index in [2.05, 4.69) is 77.9 Å². The normalized spacial score (nSPS) is 21.3. The van der Waals surface area contributed by atoms with Gasteiger partial charge in [-0.3, -0.25) is 4.90 Å². The first-order valence-electron chi connectivity index (χ1n) is 12.1. The van der Waals surface area contributed by atoms with Gasteiger partial charge < -0.3 is 9.31 Å². The van der Waals surface area contributed by atoms with E-state index in [-0.39, 0.29) is 0 Å². The molecule has 0 unspecified atom stereocenters. The second-order valence-electron chi connectivity index (χ2n) is 10.9. The Hall–Kier alpha value is -1.83. The second kappa shape index (κ2) is 9.00. The van der Waals surface area contributed by atoms with Crippen molar-refractivity contribution in [1.82, 2.24) is 4.90 Å². The molecule has 0 aromatic heterocycles. The molecule has 0 bridgehead atoms. The molecule has 2 fully saturated rings. The van der Waals surface area contributed by atoms with Crippen molar-refractivity contribution in [3.05, 3.63) is 53.1 Å². The number of aryl methyl sites for hydroxylation is 2. The molecule has 34 heavy (non-hydrogen) atoms. The van der Waals surface area contributed by atoms with Crippen LogP contribution in [0.2, 0.25) is 0 Å². The van der Waals surface area contributed by atoms with Crippen molar-refractivity contribution < 1.29 is 22.5 Å². The summed E-state index contributed by atoms with van der Waals surface area (Å²) in [6.45, 7) is 12.5. The molecule has 4 rings (SSSR count). The van der Waals surface area contributed by atoms with Crippen LogP contribution in [-0.2, 0) is 9.31 Å². The van der Waals surface area contributed by atoms with Gasteiger partial charge in [-0.1, -0.05) is 42.0 Å². The molecule has 0 radical (unpaired) electrons. The second-order valence-corrected chi connectivity index (χ2v) is 10.9. The molecule has 0 amide bonds. The first-order valence-corrected chi connectivity index (χ1v) is 12.1. The number of hydrogen-bond acceptors (Lipinski definition) is 3. The summed E-state index contributed by atoms with van der Waals surface area (Å²) in [7, 11) is -0.446. The zero-order chi connectivity index (χ0) is 24.9.